The van der Waals surface area contributed by atoms with Gasteiger partial charge in [-0.25, -0.2) is 9.97 Å². The van der Waals surface area contributed by atoms with Crippen molar-refractivity contribution in [1.82, 2.24) is 9.97 Å². The highest BCUT2D eigenvalue weighted by Crippen LogP contribution is 2.07. The monoisotopic (exact) mass is 240 g/mol. The number of rotatable bonds is 8. The normalized spacial score (nSPS) is 9.94. The molecule has 17 heavy (non-hydrogen) atoms. The van der Waals surface area contributed by atoms with Crippen molar-refractivity contribution in [2.24, 2.45) is 0 Å². The summed E-state index contributed by atoms with van der Waals surface area (Å²) in [5, 5.41) is 14.3. The van der Waals surface area contributed by atoms with Crippen LogP contribution >= 0.6 is 0 Å². The molecule has 0 fully saturated rings. The summed E-state index contributed by atoms with van der Waals surface area (Å²) >= 11 is 0. The smallest absolute Gasteiger partial charge is 0.322 e. The van der Waals surface area contributed by atoms with Crippen molar-refractivity contribution in [2.45, 2.75) is 6.42 Å². The molecule has 0 bridgehead atoms. The predicted molar refractivity (Wildman–Crippen MR) is 63.1 cm³/mol. The van der Waals surface area contributed by atoms with Gasteiger partial charge in [0.25, 0.3) is 0 Å². The van der Waals surface area contributed by atoms with Crippen LogP contribution in [0.1, 0.15) is 6.42 Å². The first-order valence-electron chi connectivity index (χ1n) is 5.23. The summed E-state index contributed by atoms with van der Waals surface area (Å²) in [6, 6.07) is 1.66. The van der Waals surface area contributed by atoms with E-state index in [2.05, 4.69) is 20.6 Å². The second-order valence-electron chi connectivity index (χ2n) is 3.31. The van der Waals surface area contributed by atoms with Gasteiger partial charge in [0, 0.05) is 26.3 Å². The summed E-state index contributed by atoms with van der Waals surface area (Å²) in [4.78, 5) is 18.3. The maximum Gasteiger partial charge on any atom is 0.322 e. The molecule has 7 nitrogen and oxygen atoms in total. The number of nitrogens with one attached hydrogen (secondary N) is 2. The van der Waals surface area contributed by atoms with E-state index >= 15 is 0 Å². The molecule has 0 aliphatic rings. The summed E-state index contributed by atoms with van der Waals surface area (Å²) in [5.74, 6) is 0.207. The molecule has 0 spiro atoms. The second-order valence-corrected chi connectivity index (χ2v) is 3.31. The standard InChI is InChI=1S/C10H16N4O3/c1-17-4-2-3-11-8-5-9(14-7-13-8)12-6-10(15)16/h5,7H,2-4,6H2,1H3,(H,15,16)(H2,11,12,13,14). The summed E-state index contributed by atoms with van der Waals surface area (Å²) < 4.78 is 4.92. The van der Waals surface area contributed by atoms with Gasteiger partial charge >= 0.3 is 5.97 Å². The largest absolute Gasteiger partial charge is 0.480 e. The van der Waals surface area contributed by atoms with E-state index in [9.17, 15) is 4.79 Å². The number of methoxy groups -OCH3 is 1. The zero-order chi connectivity index (χ0) is 12.5. The minimum Gasteiger partial charge on any atom is -0.480 e. The van der Waals surface area contributed by atoms with Gasteiger partial charge < -0.3 is 20.5 Å². The minimum atomic E-state index is -0.932. The number of carboxylic acid groups (broad SMARTS) is 1. The van der Waals surface area contributed by atoms with E-state index in [1.54, 1.807) is 13.2 Å². The number of aromatic nitrogens is 2. The second kappa shape index (κ2) is 7.39. The van der Waals surface area contributed by atoms with Crippen LogP contribution in [0, 0.1) is 0 Å². The fourth-order valence-corrected chi connectivity index (χ4v) is 1.15. The topological polar surface area (TPSA) is 96.4 Å². The molecule has 0 aliphatic heterocycles. The molecule has 1 rings (SSSR count). The Hall–Kier alpha value is -1.89. The molecular formula is C10H16N4O3. The lowest BCUT2D eigenvalue weighted by Crippen LogP contribution is -2.14. The van der Waals surface area contributed by atoms with Gasteiger partial charge in [-0.2, -0.15) is 0 Å². The molecule has 0 radical (unpaired) electrons. The summed E-state index contributed by atoms with van der Waals surface area (Å²) in [5.41, 5.74) is 0. The lowest BCUT2D eigenvalue weighted by molar-refractivity contribution is -0.134. The Labute approximate surface area is 99.2 Å². The van der Waals surface area contributed by atoms with Crippen LogP contribution < -0.4 is 10.6 Å². The van der Waals surface area contributed by atoms with Gasteiger partial charge in [-0.1, -0.05) is 0 Å². The molecule has 1 aromatic heterocycles. The van der Waals surface area contributed by atoms with E-state index in [0.29, 0.717) is 18.2 Å². The summed E-state index contributed by atoms with van der Waals surface area (Å²) in [6.07, 6.45) is 2.25. The van der Waals surface area contributed by atoms with E-state index in [1.807, 2.05) is 0 Å². The van der Waals surface area contributed by atoms with Crippen molar-refractivity contribution in [1.29, 1.82) is 0 Å². The minimum absolute atomic E-state index is 0.167. The zero-order valence-electron chi connectivity index (χ0n) is 9.64. The number of hydrogen-bond donors (Lipinski definition) is 3. The Bertz CT molecular complexity index is 359. The molecular weight excluding hydrogens is 224 g/mol. The summed E-state index contributed by atoms with van der Waals surface area (Å²) in [6.45, 7) is 1.26. The molecule has 0 saturated heterocycles. The molecule has 0 atom stereocenters. The lowest BCUT2D eigenvalue weighted by atomic mass is 10.4. The highest BCUT2D eigenvalue weighted by Gasteiger charge is 2.00. The maximum atomic E-state index is 10.4. The number of aliphatic carboxylic acids is 1. The third-order valence-corrected chi connectivity index (χ3v) is 1.92. The van der Waals surface area contributed by atoms with Crippen LogP contribution in [0.3, 0.4) is 0 Å². The van der Waals surface area contributed by atoms with Gasteiger partial charge in [0.05, 0.1) is 0 Å². The molecule has 1 heterocycles. The van der Waals surface area contributed by atoms with E-state index in [-0.39, 0.29) is 6.54 Å². The highest BCUT2D eigenvalue weighted by molar-refractivity contribution is 5.72. The van der Waals surface area contributed by atoms with E-state index in [1.165, 1.54) is 6.33 Å². The van der Waals surface area contributed by atoms with Crippen LogP contribution in [0.2, 0.25) is 0 Å². The van der Waals surface area contributed by atoms with E-state index in [4.69, 9.17) is 9.84 Å². The zero-order valence-corrected chi connectivity index (χ0v) is 9.64. The van der Waals surface area contributed by atoms with Crippen molar-refractivity contribution in [2.75, 3.05) is 37.4 Å². The Kier molecular flexibility index (Phi) is 5.73. The SMILES string of the molecule is COCCCNc1cc(NCC(=O)O)ncn1. The van der Waals surface area contributed by atoms with Crippen LogP contribution in [0.25, 0.3) is 0 Å². The highest BCUT2D eigenvalue weighted by atomic mass is 16.5. The number of nitrogens with zero attached hydrogens (tertiary/aromatic N) is 2. The molecule has 0 saturated carbocycles. The Morgan fingerprint density at radius 2 is 2.12 bits per heavy atom. The van der Waals surface area contributed by atoms with Crippen molar-refractivity contribution in [3.05, 3.63) is 12.4 Å². The molecule has 7 heteroatoms. The predicted octanol–water partition coefficient (Wildman–Crippen LogP) is 0.421. The van der Waals surface area contributed by atoms with Crippen LogP contribution in [0.15, 0.2) is 12.4 Å². The molecule has 1 aromatic rings. The van der Waals surface area contributed by atoms with Gasteiger partial charge in [0.15, 0.2) is 0 Å². The van der Waals surface area contributed by atoms with Crippen molar-refractivity contribution in [3.8, 4) is 0 Å². The van der Waals surface area contributed by atoms with Crippen LogP contribution in [-0.2, 0) is 9.53 Å². The van der Waals surface area contributed by atoms with Gasteiger partial charge in [-0.05, 0) is 6.42 Å². The third kappa shape index (κ3) is 5.67. The Balaban J connectivity index is 2.39. The molecule has 0 aromatic carbocycles. The molecule has 94 valence electrons. The maximum absolute atomic E-state index is 10.4. The lowest BCUT2D eigenvalue weighted by Gasteiger charge is -2.07. The first-order valence-corrected chi connectivity index (χ1v) is 5.23. The van der Waals surface area contributed by atoms with Gasteiger partial charge in [-0.3, -0.25) is 4.79 Å². The van der Waals surface area contributed by atoms with Gasteiger partial charge in [-0.15, -0.1) is 0 Å². The van der Waals surface area contributed by atoms with Crippen molar-refractivity contribution < 1.29 is 14.6 Å². The van der Waals surface area contributed by atoms with E-state index < -0.39 is 5.97 Å². The number of ether oxygens (including phenoxy) is 1. The van der Waals surface area contributed by atoms with Gasteiger partial charge in [0.1, 0.15) is 24.5 Å². The molecule has 3 N–H and O–H groups in total. The fourth-order valence-electron chi connectivity index (χ4n) is 1.15. The number of carboxylic acids is 1. The molecule has 0 amide bonds. The molecule has 0 aliphatic carbocycles. The van der Waals surface area contributed by atoms with Crippen LogP contribution in [0.5, 0.6) is 0 Å². The fraction of sp³-hybridized carbons (Fsp3) is 0.500. The van der Waals surface area contributed by atoms with Crippen molar-refractivity contribution in [3.63, 3.8) is 0 Å². The molecule has 0 unspecified atom stereocenters. The number of hydrogen-bond acceptors (Lipinski definition) is 6. The number of carbonyl (C=O) groups is 1. The third-order valence-electron chi connectivity index (χ3n) is 1.92. The average Bonchev–Trinajstić information content (AvgIpc) is 2.33. The van der Waals surface area contributed by atoms with Crippen molar-refractivity contribution >= 4 is 17.6 Å². The van der Waals surface area contributed by atoms with Gasteiger partial charge in [0.2, 0.25) is 0 Å². The Morgan fingerprint density at radius 1 is 1.41 bits per heavy atom. The van der Waals surface area contributed by atoms with Crippen LogP contribution in [-0.4, -0.2) is 47.8 Å². The quantitative estimate of drug-likeness (QED) is 0.567. The first kappa shape index (κ1) is 13.2. The van der Waals surface area contributed by atoms with Crippen LogP contribution in [0.4, 0.5) is 11.6 Å². The summed E-state index contributed by atoms with van der Waals surface area (Å²) in [7, 11) is 1.65. The Morgan fingerprint density at radius 3 is 2.76 bits per heavy atom. The first-order chi connectivity index (χ1) is 8.22. The average molecular weight is 240 g/mol. The number of anilines is 2. The van der Waals surface area contributed by atoms with E-state index in [0.717, 1.165) is 13.0 Å².